The third kappa shape index (κ3) is 9.98. The van der Waals surface area contributed by atoms with E-state index in [2.05, 4.69) is 16.5 Å². The zero-order chi connectivity index (χ0) is 34.9. The number of ketones is 1. The molecule has 1 aliphatic heterocycles. The van der Waals surface area contributed by atoms with Gasteiger partial charge in [-0.1, -0.05) is 6.08 Å². The Bertz CT molecular complexity index is 1340. The first kappa shape index (κ1) is 36.6. The summed E-state index contributed by atoms with van der Waals surface area (Å²) in [6.07, 6.45) is -4.50. The molecule has 0 unspecified atom stereocenters. The van der Waals surface area contributed by atoms with Gasteiger partial charge in [0.05, 0.1) is 6.42 Å². The van der Waals surface area contributed by atoms with E-state index >= 15 is 0 Å². The van der Waals surface area contributed by atoms with Crippen molar-refractivity contribution in [3.8, 4) is 0 Å². The maximum atomic E-state index is 13.6. The van der Waals surface area contributed by atoms with Crippen molar-refractivity contribution in [2.24, 2.45) is 0 Å². The normalized spacial score (nSPS) is 13.8. The highest BCUT2D eigenvalue weighted by molar-refractivity contribution is 6.24. The van der Waals surface area contributed by atoms with Crippen molar-refractivity contribution in [2.75, 3.05) is 21.2 Å². The first-order valence-corrected chi connectivity index (χ1v) is 14.1. The number of hydrogen-bond donors (Lipinski definition) is 0. The van der Waals surface area contributed by atoms with Crippen LogP contribution in [-0.4, -0.2) is 75.0 Å². The minimum absolute atomic E-state index is 0.174. The Morgan fingerprint density at radius 2 is 1.09 bits per heavy atom. The van der Waals surface area contributed by atoms with Gasteiger partial charge in [0.2, 0.25) is 11.9 Å². The largest absolute Gasteiger partial charge is 0.443 e. The van der Waals surface area contributed by atoms with Gasteiger partial charge in [-0.15, -0.1) is 11.5 Å². The summed E-state index contributed by atoms with van der Waals surface area (Å²) >= 11 is 0. The molecule has 45 heavy (non-hydrogen) atoms. The maximum absolute atomic E-state index is 13.6. The molecule has 0 N–H and O–H groups in total. The van der Waals surface area contributed by atoms with Crippen LogP contribution in [0, 0.1) is 0 Å². The van der Waals surface area contributed by atoms with Crippen molar-refractivity contribution in [1.82, 2.24) is 9.97 Å². The quantitative estimate of drug-likeness (QED) is 0.217. The number of ether oxygens (including phenoxy) is 4. The molecule has 0 fully saturated rings. The van der Waals surface area contributed by atoms with Crippen LogP contribution in [0.2, 0.25) is 0 Å². The molecule has 0 radical (unpaired) electrons. The molecule has 0 atom stereocenters. The second-order valence-corrected chi connectivity index (χ2v) is 14.0. The van der Waals surface area contributed by atoms with Crippen LogP contribution < -0.4 is 14.7 Å². The number of anilines is 3. The molecule has 248 valence electrons. The molecular weight excluding hydrogens is 590 g/mol. The van der Waals surface area contributed by atoms with E-state index in [4.69, 9.17) is 18.9 Å². The van der Waals surface area contributed by atoms with Gasteiger partial charge in [0.15, 0.2) is 17.4 Å². The third-order valence-electron chi connectivity index (χ3n) is 5.03. The molecule has 15 heteroatoms. The third-order valence-corrected chi connectivity index (χ3v) is 5.03. The van der Waals surface area contributed by atoms with Crippen LogP contribution in [0.15, 0.2) is 12.7 Å². The van der Waals surface area contributed by atoms with Crippen LogP contribution in [0.3, 0.4) is 0 Å². The van der Waals surface area contributed by atoms with E-state index in [1.807, 2.05) is 0 Å². The predicted molar refractivity (Wildman–Crippen MR) is 163 cm³/mol. The van der Waals surface area contributed by atoms with Crippen LogP contribution in [0.5, 0.6) is 0 Å². The van der Waals surface area contributed by atoms with E-state index in [0.717, 1.165) is 4.90 Å². The number of carbonyl (C=O) groups is 6. The summed E-state index contributed by atoms with van der Waals surface area (Å²) in [7, 11) is 0. The van der Waals surface area contributed by atoms with Gasteiger partial charge in [0, 0.05) is 6.54 Å². The zero-order valence-corrected chi connectivity index (χ0v) is 28.0. The minimum atomic E-state index is -1.30. The van der Waals surface area contributed by atoms with E-state index in [9.17, 15) is 28.8 Å². The van der Waals surface area contributed by atoms with E-state index < -0.39 is 88.0 Å². The fraction of sp³-hybridized carbons (Fsp3) is 0.600. The minimum Gasteiger partial charge on any atom is -0.443 e. The number of nitrogens with zero attached hydrogens (tertiary/aromatic N) is 5. The summed E-state index contributed by atoms with van der Waals surface area (Å²) in [6, 6.07) is 0. The molecule has 0 spiro atoms. The topological polar surface area (TPSA) is 175 Å². The number of hydrogen-bond acceptors (Lipinski definition) is 12. The zero-order valence-electron chi connectivity index (χ0n) is 28.0. The molecule has 0 bridgehead atoms. The van der Waals surface area contributed by atoms with E-state index in [-0.39, 0.29) is 6.54 Å². The molecule has 2 rings (SSSR count). The Hall–Kier alpha value is -4.56. The first-order chi connectivity index (χ1) is 20.2. The average molecular weight is 634 g/mol. The van der Waals surface area contributed by atoms with Crippen LogP contribution in [0.4, 0.5) is 36.8 Å². The smallest absolute Gasteiger partial charge is 0.427 e. The number of fused-ring (bicyclic) bond motifs is 1. The first-order valence-electron chi connectivity index (χ1n) is 14.1. The Balaban J connectivity index is 3.09. The van der Waals surface area contributed by atoms with E-state index in [1.54, 1.807) is 83.1 Å². The van der Waals surface area contributed by atoms with Crippen molar-refractivity contribution in [1.29, 1.82) is 0 Å². The van der Waals surface area contributed by atoms with Gasteiger partial charge in [-0.3, -0.25) is 14.5 Å². The summed E-state index contributed by atoms with van der Waals surface area (Å²) in [6.45, 7) is 22.0. The van der Waals surface area contributed by atoms with E-state index in [0.29, 0.717) is 9.80 Å². The van der Waals surface area contributed by atoms with Gasteiger partial charge in [-0.2, -0.15) is 14.9 Å². The van der Waals surface area contributed by atoms with Gasteiger partial charge >= 0.3 is 24.4 Å². The van der Waals surface area contributed by atoms with E-state index in [1.165, 1.54) is 6.08 Å². The Morgan fingerprint density at radius 1 is 0.711 bits per heavy atom. The van der Waals surface area contributed by atoms with Crippen molar-refractivity contribution in [3.05, 3.63) is 18.2 Å². The molecular formula is C30H43N5O10. The Kier molecular flexibility index (Phi) is 10.4. The summed E-state index contributed by atoms with van der Waals surface area (Å²) in [4.78, 5) is 90.8. The average Bonchev–Trinajstić information content (AvgIpc) is 2.76. The standard InChI is InChI=1S/C30H43N5O10/c1-14-15-33-18(37)16-17(36)19-20(33)31-22(35(25(40)44-29(8,9)10)26(41)45-30(11,12)13)32-21(19)34(23(38)42-27(2,3)4)24(39)43-28(5,6)7/h14H,1,15-16H2,2-13H3. The van der Waals surface area contributed by atoms with Crippen molar-refractivity contribution in [2.45, 2.75) is 112 Å². The van der Waals surface area contributed by atoms with Crippen molar-refractivity contribution >= 4 is 53.6 Å². The fourth-order valence-corrected chi connectivity index (χ4v) is 3.61. The molecule has 1 aliphatic rings. The predicted octanol–water partition coefficient (Wildman–Crippen LogP) is 5.94. The van der Waals surface area contributed by atoms with Gasteiger partial charge < -0.3 is 18.9 Å². The molecule has 1 aromatic heterocycles. The number of rotatable bonds is 4. The number of Topliss-reactive ketones (excluding diaryl/α,β-unsaturated/α-hetero) is 1. The lowest BCUT2D eigenvalue weighted by Crippen LogP contribution is -2.48. The molecule has 0 saturated carbocycles. The van der Waals surface area contributed by atoms with Crippen LogP contribution >= 0.6 is 0 Å². The molecule has 0 aliphatic carbocycles. The maximum Gasteiger partial charge on any atom is 0.427 e. The summed E-state index contributed by atoms with van der Waals surface area (Å²) in [5.74, 6) is -3.45. The van der Waals surface area contributed by atoms with Crippen molar-refractivity contribution in [3.63, 3.8) is 0 Å². The van der Waals surface area contributed by atoms with Gasteiger partial charge in [-0.25, -0.2) is 19.2 Å². The monoisotopic (exact) mass is 633 g/mol. The lowest BCUT2D eigenvalue weighted by Gasteiger charge is -2.33. The lowest BCUT2D eigenvalue weighted by molar-refractivity contribution is -0.117. The highest BCUT2D eigenvalue weighted by Crippen LogP contribution is 2.37. The second kappa shape index (κ2) is 12.8. The fourth-order valence-electron chi connectivity index (χ4n) is 3.61. The van der Waals surface area contributed by atoms with Gasteiger partial charge in [0.25, 0.3) is 0 Å². The van der Waals surface area contributed by atoms with Gasteiger partial charge in [-0.05, 0) is 83.1 Å². The lowest BCUT2D eigenvalue weighted by atomic mass is 10.0. The SMILES string of the molecule is C=CCN1C(=O)CC(=O)c2c1nc(N(C(=O)OC(C)(C)C)C(=O)OC(C)(C)C)nc2N(C(=O)OC(C)(C)C)C(=O)OC(C)(C)C. The van der Waals surface area contributed by atoms with Crippen molar-refractivity contribution < 1.29 is 47.7 Å². The molecule has 2 heterocycles. The highest BCUT2D eigenvalue weighted by Gasteiger charge is 2.44. The summed E-state index contributed by atoms with van der Waals surface area (Å²) in [5.41, 5.74) is -4.95. The Labute approximate surface area is 262 Å². The number of aromatic nitrogens is 2. The molecule has 5 amide bonds. The summed E-state index contributed by atoms with van der Waals surface area (Å²) in [5, 5.41) is 0. The number of amides is 5. The second-order valence-electron chi connectivity index (χ2n) is 14.0. The highest BCUT2D eigenvalue weighted by atomic mass is 16.6. The van der Waals surface area contributed by atoms with Gasteiger partial charge in [0.1, 0.15) is 28.0 Å². The number of imide groups is 2. The molecule has 15 nitrogen and oxygen atoms in total. The Morgan fingerprint density at radius 3 is 1.44 bits per heavy atom. The van der Waals surface area contributed by atoms with Crippen LogP contribution in [0.25, 0.3) is 0 Å². The van der Waals surface area contributed by atoms with Crippen LogP contribution in [-0.2, 0) is 23.7 Å². The molecule has 1 aromatic rings. The van der Waals surface area contributed by atoms with Crippen LogP contribution in [0.1, 0.15) is 99.9 Å². The molecule has 0 aromatic carbocycles. The molecule has 0 saturated heterocycles. The summed E-state index contributed by atoms with van der Waals surface area (Å²) < 4.78 is 21.8. The number of carbonyl (C=O) groups excluding carboxylic acids is 6.